The lowest BCUT2D eigenvalue weighted by molar-refractivity contribution is -0.137. The number of halogens is 3. The lowest BCUT2D eigenvalue weighted by Crippen LogP contribution is -2.32. The van der Waals surface area contributed by atoms with Crippen LogP contribution < -0.4 is 5.32 Å². The zero-order valence-corrected chi connectivity index (χ0v) is 10.7. The summed E-state index contributed by atoms with van der Waals surface area (Å²) in [5.41, 5.74) is 0.358. The number of hydrogen-bond acceptors (Lipinski definition) is 1. The van der Waals surface area contributed by atoms with E-state index in [1.807, 2.05) is 0 Å². The molecular formula is C15H18F3N. The summed E-state index contributed by atoms with van der Waals surface area (Å²) in [4.78, 5) is 0. The van der Waals surface area contributed by atoms with E-state index < -0.39 is 11.7 Å². The number of alkyl halides is 3. The molecule has 19 heavy (non-hydrogen) atoms. The van der Waals surface area contributed by atoms with Crippen molar-refractivity contribution in [1.82, 2.24) is 5.32 Å². The van der Waals surface area contributed by atoms with Crippen LogP contribution in [0.25, 0.3) is 0 Å². The Morgan fingerprint density at radius 3 is 1.95 bits per heavy atom. The Morgan fingerprint density at radius 1 is 1.00 bits per heavy atom. The molecule has 2 saturated carbocycles. The number of nitrogens with one attached hydrogen (secondary N) is 1. The third-order valence-corrected chi connectivity index (χ3v) is 4.08. The zero-order valence-electron chi connectivity index (χ0n) is 10.7. The van der Waals surface area contributed by atoms with Crippen molar-refractivity contribution in [3.63, 3.8) is 0 Å². The van der Waals surface area contributed by atoms with E-state index in [2.05, 4.69) is 5.32 Å². The van der Waals surface area contributed by atoms with Crippen molar-refractivity contribution in [2.45, 2.75) is 44.4 Å². The molecule has 1 aromatic rings. The van der Waals surface area contributed by atoms with Crippen LogP contribution in [0.15, 0.2) is 24.3 Å². The first-order chi connectivity index (χ1) is 9.04. The highest BCUT2D eigenvalue weighted by Crippen LogP contribution is 2.44. The molecule has 2 fully saturated rings. The van der Waals surface area contributed by atoms with Gasteiger partial charge in [0.15, 0.2) is 0 Å². The van der Waals surface area contributed by atoms with Gasteiger partial charge in [-0.1, -0.05) is 12.1 Å². The summed E-state index contributed by atoms with van der Waals surface area (Å²) in [6, 6.07) is 6.07. The molecule has 2 aliphatic rings. The standard InChI is InChI=1S/C15H18F3N/c16-15(17,18)13-7-1-10(2-8-13)9-19-14(11-3-4-11)12-5-6-12/h1-2,7-8,11-12,14,19H,3-6,9H2. The lowest BCUT2D eigenvalue weighted by Gasteiger charge is -2.17. The summed E-state index contributed by atoms with van der Waals surface area (Å²) < 4.78 is 37.3. The first-order valence-electron chi connectivity index (χ1n) is 6.93. The van der Waals surface area contributed by atoms with Crippen LogP contribution in [0.1, 0.15) is 36.8 Å². The summed E-state index contributed by atoms with van der Waals surface area (Å²) >= 11 is 0. The third kappa shape index (κ3) is 3.30. The molecular weight excluding hydrogens is 251 g/mol. The Morgan fingerprint density at radius 2 is 1.53 bits per heavy atom. The first kappa shape index (κ1) is 13.0. The molecule has 0 spiro atoms. The molecule has 0 saturated heterocycles. The van der Waals surface area contributed by atoms with Crippen LogP contribution in [0.3, 0.4) is 0 Å². The lowest BCUT2D eigenvalue weighted by atomic mass is 10.1. The molecule has 1 N–H and O–H groups in total. The Balaban J connectivity index is 1.57. The second-order valence-corrected chi connectivity index (χ2v) is 5.78. The number of rotatable bonds is 5. The molecule has 0 aromatic heterocycles. The second-order valence-electron chi connectivity index (χ2n) is 5.78. The van der Waals surface area contributed by atoms with E-state index >= 15 is 0 Å². The topological polar surface area (TPSA) is 12.0 Å². The van der Waals surface area contributed by atoms with Crippen molar-refractivity contribution in [3.05, 3.63) is 35.4 Å². The van der Waals surface area contributed by atoms with Gasteiger partial charge < -0.3 is 5.32 Å². The summed E-state index contributed by atoms with van der Waals surface area (Å²) in [5, 5.41) is 3.54. The van der Waals surface area contributed by atoms with Crippen molar-refractivity contribution in [2.75, 3.05) is 0 Å². The van der Waals surface area contributed by atoms with E-state index in [1.54, 1.807) is 12.1 Å². The van der Waals surface area contributed by atoms with Gasteiger partial charge in [-0.15, -0.1) is 0 Å². The second kappa shape index (κ2) is 4.82. The van der Waals surface area contributed by atoms with Gasteiger partial charge in [-0.25, -0.2) is 0 Å². The molecule has 4 heteroatoms. The Hall–Kier alpha value is -1.03. The first-order valence-corrected chi connectivity index (χ1v) is 6.93. The molecule has 0 heterocycles. The molecule has 0 aliphatic heterocycles. The van der Waals surface area contributed by atoms with Crippen LogP contribution in [0.5, 0.6) is 0 Å². The SMILES string of the molecule is FC(F)(F)c1ccc(CNC(C2CC2)C2CC2)cc1. The fraction of sp³-hybridized carbons (Fsp3) is 0.600. The minimum atomic E-state index is -4.24. The van der Waals surface area contributed by atoms with Gasteiger partial charge in [0.05, 0.1) is 5.56 Å². The highest BCUT2D eigenvalue weighted by Gasteiger charge is 2.40. The Labute approximate surface area is 111 Å². The van der Waals surface area contributed by atoms with Gasteiger partial charge in [-0.3, -0.25) is 0 Å². The largest absolute Gasteiger partial charge is 0.416 e. The highest BCUT2D eigenvalue weighted by atomic mass is 19.4. The van der Waals surface area contributed by atoms with Gasteiger partial charge in [-0.05, 0) is 55.2 Å². The summed E-state index contributed by atoms with van der Waals surface area (Å²) in [6.07, 6.45) is 0.987. The van der Waals surface area contributed by atoms with Gasteiger partial charge in [0.2, 0.25) is 0 Å². The summed E-state index contributed by atoms with van der Waals surface area (Å²) in [7, 11) is 0. The molecule has 104 valence electrons. The van der Waals surface area contributed by atoms with Gasteiger partial charge in [-0.2, -0.15) is 13.2 Å². The van der Waals surface area contributed by atoms with Gasteiger partial charge in [0.25, 0.3) is 0 Å². The maximum Gasteiger partial charge on any atom is 0.416 e. The maximum atomic E-state index is 12.4. The monoisotopic (exact) mass is 269 g/mol. The van der Waals surface area contributed by atoms with E-state index in [0.29, 0.717) is 12.6 Å². The van der Waals surface area contributed by atoms with Crippen molar-refractivity contribution in [2.24, 2.45) is 11.8 Å². The molecule has 0 unspecified atom stereocenters. The van der Waals surface area contributed by atoms with Gasteiger partial charge >= 0.3 is 6.18 Å². The van der Waals surface area contributed by atoms with Crippen LogP contribution in [0, 0.1) is 11.8 Å². The Kier molecular flexibility index (Phi) is 3.29. The molecule has 0 atom stereocenters. The molecule has 0 radical (unpaired) electrons. The number of benzene rings is 1. The fourth-order valence-electron chi connectivity index (χ4n) is 2.68. The predicted octanol–water partition coefficient (Wildman–Crippen LogP) is 3.98. The average molecular weight is 269 g/mol. The highest BCUT2D eigenvalue weighted by molar-refractivity contribution is 5.24. The van der Waals surface area contributed by atoms with Crippen LogP contribution in [0.4, 0.5) is 13.2 Å². The summed E-state index contributed by atoms with van der Waals surface area (Å²) in [5.74, 6) is 1.61. The molecule has 1 aromatic carbocycles. The van der Waals surface area contributed by atoms with Crippen LogP contribution in [0.2, 0.25) is 0 Å². The normalized spacial score (nSPS) is 20.0. The van der Waals surface area contributed by atoms with Crippen molar-refractivity contribution in [3.8, 4) is 0 Å². The van der Waals surface area contributed by atoms with Crippen LogP contribution in [-0.4, -0.2) is 6.04 Å². The quantitative estimate of drug-likeness (QED) is 0.852. The third-order valence-electron chi connectivity index (χ3n) is 4.08. The molecule has 3 rings (SSSR count). The average Bonchev–Trinajstić information content (AvgIpc) is 3.23. The van der Waals surface area contributed by atoms with Crippen molar-refractivity contribution >= 4 is 0 Å². The molecule has 2 aliphatic carbocycles. The van der Waals surface area contributed by atoms with E-state index in [-0.39, 0.29) is 0 Å². The van der Waals surface area contributed by atoms with Crippen LogP contribution in [-0.2, 0) is 12.7 Å². The molecule has 0 amide bonds. The number of hydrogen-bond donors (Lipinski definition) is 1. The van der Waals surface area contributed by atoms with Crippen molar-refractivity contribution in [1.29, 1.82) is 0 Å². The molecule has 1 nitrogen and oxygen atoms in total. The zero-order chi connectivity index (χ0) is 13.5. The van der Waals surface area contributed by atoms with E-state index in [4.69, 9.17) is 0 Å². The smallest absolute Gasteiger partial charge is 0.309 e. The van der Waals surface area contributed by atoms with Gasteiger partial charge in [0.1, 0.15) is 0 Å². The minimum absolute atomic E-state index is 0.572. The summed E-state index contributed by atoms with van der Waals surface area (Å²) in [6.45, 7) is 0.676. The maximum absolute atomic E-state index is 12.4. The van der Waals surface area contributed by atoms with E-state index in [9.17, 15) is 13.2 Å². The van der Waals surface area contributed by atoms with Gasteiger partial charge in [0, 0.05) is 12.6 Å². The minimum Gasteiger partial charge on any atom is -0.309 e. The predicted molar refractivity (Wildman–Crippen MR) is 67.5 cm³/mol. The fourth-order valence-corrected chi connectivity index (χ4v) is 2.68. The van der Waals surface area contributed by atoms with E-state index in [0.717, 1.165) is 17.4 Å². The van der Waals surface area contributed by atoms with Crippen molar-refractivity contribution < 1.29 is 13.2 Å². The Bertz CT molecular complexity index is 418. The molecule has 0 bridgehead atoms. The van der Waals surface area contributed by atoms with E-state index in [1.165, 1.54) is 37.8 Å². The van der Waals surface area contributed by atoms with Crippen LogP contribution >= 0.6 is 0 Å².